The molecule has 0 unspecified atom stereocenters. The molecule has 3 N–H and O–H groups in total. The van der Waals surface area contributed by atoms with Crippen LogP contribution in [-0.4, -0.2) is 11.1 Å². The topological polar surface area (TPSA) is 63.3 Å². The number of nitrogen functional groups attached to an aromatic ring is 1. The Labute approximate surface area is 114 Å². The van der Waals surface area contributed by atoms with Crippen LogP contribution in [0.1, 0.15) is 10.4 Å². The third-order valence-electron chi connectivity index (χ3n) is 2.44. The molecule has 0 aliphatic rings. The first-order chi connectivity index (χ1) is 8.47. The number of carboxylic acid groups (broad SMARTS) is 1. The lowest BCUT2D eigenvalue weighted by molar-refractivity contribution is 0.0697. The Balaban J connectivity index is 2.63. The summed E-state index contributed by atoms with van der Waals surface area (Å²) in [6.45, 7) is 0. The Hall–Kier alpha value is -1.71. The number of aromatic carboxylic acids is 1. The van der Waals surface area contributed by atoms with Gasteiger partial charge in [0.05, 0.1) is 5.56 Å². The second kappa shape index (κ2) is 4.88. The van der Waals surface area contributed by atoms with Gasteiger partial charge in [-0.3, -0.25) is 0 Å². The van der Waals surface area contributed by atoms with Crippen molar-refractivity contribution in [1.82, 2.24) is 0 Å². The lowest BCUT2D eigenvalue weighted by Gasteiger charge is -2.08. The molecule has 0 aromatic heterocycles. The second-order valence-corrected chi connectivity index (χ2v) is 4.62. The van der Waals surface area contributed by atoms with E-state index in [0.717, 1.165) is 0 Å². The van der Waals surface area contributed by atoms with E-state index in [1.807, 2.05) is 0 Å². The molecule has 0 bridgehead atoms. The van der Waals surface area contributed by atoms with Crippen LogP contribution in [0.2, 0.25) is 10.0 Å². The zero-order valence-electron chi connectivity index (χ0n) is 9.15. The average Bonchev–Trinajstić information content (AvgIpc) is 2.31. The van der Waals surface area contributed by atoms with Crippen LogP contribution in [0.25, 0.3) is 11.1 Å². The van der Waals surface area contributed by atoms with Gasteiger partial charge in [0.15, 0.2) is 0 Å². The Bertz CT molecular complexity index is 626. The molecule has 0 heterocycles. The summed E-state index contributed by atoms with van der Waals surface area (Å²) in [5.74, 6) is -1.04. The normalized spacial score (nSPS) is 10.3. The Kier molecular flexibility index (Phi) is 3.45. The van der Waals surface area contributed by atoms with E-state index in [2.05, 4.69) is 0 Å². The van der Waals surface area contributed by atoms with Crippen molar-refractivity contribution in [3.05, 3.63) is 52.0 Å². The lowest BCUT2D eigenvalue weighted by Crippen LogP contribution is -1.98. The van der Waals surface area contributed by atoms with Gasteiger partial charge in [0, 0.05) is 21.3 Å². The van der Waals surface area contributed by atoms with E-state index in [1.54, 1.807) is 24.3 Å². The smallest absolute Gasteiger partial charge is 0.335 e. The van der Waals surface area contributed by atoms with Gasteiger partial charge in [0.2, 0.25) is 0 Å². The van der Waals surface area contributed by atoms with E-state index in [-0.39, 0.29) is 5.56 Å². The van der Waals surface area contributed by atoms with E-state index in [4.69, 9.17) is 34.0 Å². The first-order valence-corrected chi connectivity index (χ1v) is 5.82. The largest absolute Gasteiger partial charge is 0.478 e. The van der Waals surface area contributed by atoms with Crippen molar-refractivity contribution < 1.29 is 9.90 Å². The van der Waals surface area contributed by atoms with Gasteiger partial charge in [0.25, 0.3) is 0 Å². The fraction of sp³-hybridized carbons (Fsp3) is 0. The van der Waals surface area contributed by atoms with Crippen molar-refractivity contribution in [3.63, 3.8) is 0 Å². The van der Waals surface area contributed by atoms with Crippen molar-refractivity contribution >= 4 is 34.9 Å². The van der Waals surface area contributed by atoms with Gasteiger partial charge in [0.1, 0.15) is 0 Å². The highest BCUT2D eigenvalue weighted by Gasteiger charge is 2.10. The summed E-state index contributed by atoms with van der Waals surface area (Å²) in [5, 5.41) is 10.00. The molecule has 0 saturated heterocycles. The highest BCUT2D eigenvalue weighted by Crippen LogP contribution is 2.32. The van der Waals surface area contributed by atoms with Crippen molar-refractivity contribution in [2.45, 2.75) is 0 Å². The van der Waals surface area contributed by atoms with Gasteiger partial charge in [-0.25, -0.2) is 4.79 Å². The van der Waals surface area contributed by atoms with E-state index in [9.17, 15) is 4.79 Å². The molecule has 0 aliphatic carbocycles. The molecule has 92 valence electrons. The van der Waals surface area contributed by atoms with Crippen LogP contribution < -0.4 is 5.73 Å². The molecule has 0 spiro atoms. The molecule has 0 aliphatic heterocycles. The van der Waals surface area contributed by atoms with Crippen molar-refractivity contribution in [3.8, 4) is 11.1 Å². The molecular formula is C13H9Cl2NO2. The Morgan fingerprint density at radius 1 is 1.11 bits per heavy atom. The summed E-state index contributed by atoms with van der Waals surface area (Å²) in [5.41, 5.74) is 7.43. The number of anilines is 1. The molecule has 0 amide bonds. The molecule has 2 rings (SSSR count). The van der Waals surface area contributed by atoms with Crippen LogP contribution in [0.5, 0.6) is 0 Å². The number of carboxylic acids is 1. The number of rotatable bonds is 2. The van der Waals surface area contributed by atoms with Crippen molar-refractivity contribution in [2.24, 2.45) is 0 Å². The van der Waals surface area contributed by atoms with Gasteiger partial charge in [-0.15, -0.1) is 0 Å². The maximum atomic E-state index is 11.0. The molecule has 0 fully saturated rings. The van der Waals surface area contributed by atoms with Crippen molar-refractivity contribution in [1.29, 1.82) is 0 Å². The van der Waals surface area contributed by atoms with Crippen LogP contribution in [0, 0.1) is 0 Å². The van der Waals surface area contributed by atoms with Gasteiger partial charge in [-0.05, 0) is 42.0 Å². The van der Waals surface area contributed by atoms with E-state index >= 15 is 0 Å². The standard InChI is InChI=1S/C13H9Cl2NO2/c14-9-1-2-12(15)11(6-9)7-3-8(13(17)18)5-10(16)4-7/h1-6H,16H2,(H,17,18). The number of benzene rings is 2. The number of hydrogen-bond acceptors (Lipinski definition) is 2. The lowest BCUT2D eigenvalue weighted by atomic mass is 10.0. The quantitative estimate of drug-likeness (QED) is 0.820. The molecule has 2 aromatic carbocycles. The molecule has 0 radical (unpaired) electrons. The summed E-state index contributed by atoms with van der Waals surface area (Å²) in [4.78, 5) is 11.0. The fourth-order valence-electron chi connectivity index (χ4n) is 1.65. The molecule has 5 heteroatoms. The molecule has 3 nitrogen and oxygen atoms in total. The number of hydrogen-bond donors (Lipinski definition) is 2. The predicted octanol–water partition coefficient (Wildman–Crippen LogP) is 3.94. The van der Waals surface area contributed by atoms with Crippen molar-refractivity contribution in [2.75, 3.05) is 5.73 Å². The van der Waals surface area contributed by atoms with Crippen LogP contribution in [0.3, 0.4) is 0 Å². The van der Waals surface area contributed by atoms with Gasteiger partial charge in [-0.2, -0.15) is 0 Å². The van der Waals surface area contributed by atoms with Gasteiger partial charge in [-0.1, -0.05) is 23.2 Å². The predicted molar refractivity (Wildman–Crippen MR) is 73.3 cm³/mol. The van der Waals surface area contributed by atoms with Crippen LogP contribution in [-0.2, 0) is 0 Å². The highest BCUT2D eigenvalue weighted by atomic mass is 35.5. The van der Waals surface area contributed by atoms with Gasteiger partial charge >= 0.3 is 5.97 Å². The maximum absolute atomic E-state index is 11.0. The minimum Gasteiger partial charge on any atom is -0.478 e. The minimum absolute atomic E-state index is 0.112. The summed E-state index contributed by atoms with van der Waals surface area (Å²) >= 11 is 12.0. The van der Waals surface area contributed by atoms with Gasteiger partial charge < -0.3 is 10.8 Å². The summed E-state index contributed by atoms with van der Waals surface area (Å²) < 4.78 is 0. The molecule has 2 aromatic rings. The highest BCUT2D eigenvalue weighted by molar-refractivity contribution is 6.35. The average molecular weight is 282 g/mol. The maximum Gasteiger partial charge on any atom is 0.335 e. The zero-order chi connectivity index (χ0) is 13.3. The summed E-state index contributed by atoms with van der Waals surface area (Å²) in [6.07, 6.45) is 0. The Morgan fingerprint density at radius 2 is 1.83 bits per heavy atom. The first kappa shape index (κ1) is 12.7. The third kappa shape index (κ3) is 2.58. The fourth-order valence-corrected chi connectivity index (χ4v) is 2.05. The number of nitrogens with two attached hydrogens (primary N) is 1. The minimum atomic E-state index is -1.04. The Morgan fingerprint density at radius 3 is 2.50 bits per heavy atom. The van der Waals surface area contributed by atoms with Crippen LogP contribution in [0.4, 0.5) is 5.69 Å². The number of halogens is 2. The SMILES string of the molecule is Nc1cc(C(=O)O)cc(-c2cc(Cl)ccc2Cl)c1. The summed E-state index contributed by atoms with van der Waals surface area (Å²) in [6, 6.07) is 9.55. The summed E-state index contributed by atoms with van der Waals surface area (Å²) in [7, 11) is 0. The number of carbonyl (C=O) groups is 1. The monoisotopic (exact) mass is 281 g/mol. The second-order valence-electron chi connectivity index (χ2n) is 3.77. The molecular weight excluding hydrogens is 273 g/mol. The van der Waals surface area contributed by atoms with Crippen LogP contribution >= 0.6 is 23.2 Å². The third-order valence-corrected chi connectivity index (χ3v) is 3.01. The van der Waals surface area contributed by atoms with E-state index in [1.165, 1.54) is 12.1 Å². The molecule has 0 atom stereocenters. The zero-order valence-corrected chi connectivity index (χ0v) is 10.7. The van der Waals surface area contributed by atoms with Crippen LogP contribution in [0.15, 0.2) is 36.4 Å². The molecule has 18 heavy (non-hydrogen) atoms. The van der Waals surface area contributed by atoms with E-state index < -0.39 is 5.97 Å². The first-order valence-electron chi connectivity index (χ1n) is 5.06. The molecule has 0 saturated carbocycles. The van der Waals surface area contributed by atoms with E-state index in [0.29, 0.717) is 26.9 Å².